The molecule has 33 heavy (non-hydrogen) atoms. The summed E-state index contributed by atoms with van der Waals surface area (Å²) < 4.78 is 12.5. The van der Waals surface area contributed by atoms with E-state index in [1.165, 1.54) is 0 Å². The number of pyridine rings is 2. The van der Waals surface area contributed by atoms with Gasteiger partial charge in [0.05, 0.1) is 36.2 Å². The van der Waals surface area contributed by atoms with Gasteiger partial charge in [0.1, 0.15) is 17.6 Å². The summed E-state index contributed by atoms with van der Waals surface area (Å²) in [4.78, 5) is 18.7. The Morgan fingerprint density at radius 2 is 2.09 bits per heavy atom. The van der Waals surface area contributed by atoms with Gasteiger partial charge < -0.3 is 19.7 Å². The van der Waals surface area contributed by atoms with E-state index in [-0.39, 0.29) is 18.2 Å². The molecule has 1 fully saturated rings. The molecule has 1 aliphatic rings. The van der Waals surface area contributed by atoms with Gasteiger partial charge in [-0.2, -0.15) is 10.4 Å². The highest BCUT2D eigenvalue weighted by Crippen LogP contribution is 2.31. The largest absolute Gasteiger partial charge is 0.492 e. The quantitative estimate of drug-likeness (QED) is 0.612. The number of rotatable bonds is 6. The smallest absolute Gasteiger partial charge is 0.407 e. The normalized spacial score (nSPS) is 14.3. The van der Waals surface area contributed by atoms with Crippen molar-refractivity contribution in [3.63, 3.8) is 0 Å². The van der Waals surface area contributed by atoms with Crippen LogP contribution in [0.25, 0.3) is 16.6 Å². The van der Waals surface area contributed by atoms with Crippen molar-refractivity contribution in [2.75, 3.05) is 24.6 Å². The summed E-state index contributed by atoms with van der Waals surface area (Å²) >= 11 is 0. The van der Waals surface area contributed by atoms with Gasteiger partial charge in [0.2, 0.25) is 0 Å². The van der Waals surface area contributed by atoms with E-state index in [4.69, 9.17) is 9.47 Å². The molecular weight excluding hydrogens is 420 g/mol. The Morgan fingerprint density at radius 1 is 1.30 bits per heavy atom. The maximum absolute atomic E-state index is 11.8. The average Bonchev–Trinajstić information content (AvgIpc) is 3.22. The van der Waals surface area contributed by atoms with E-state index in [9.17, 15) is 10.1 Å². The molecule has 0 spiro atoms. The Kier molecular flexibility index (Phi) is 6.63. The van der Waals surface area contributed by atoms with Crippen LogP contribution in [0.2, 0.25) is 0 Å². The second-order valence-corrected chi connectivity index (χ2v) is 8.25. The van der Waals surface area contributed by atoms with E-state index in [0.717, 1.165) is 48.4 Å². The zero-order chi connectivity index (χ0) is 23.4. The van der Waals surface area contributed by atoms with Crippen LogP contribution in [0.5, 0.6) is 5.75 Å². The second kappa shape index (κ2) is 9.77. The predicted octanol–water partition coefficient (Wildman–Crippen LogP) is 3.77. The van der Waals surface area contributed by atoms with Crippen LogP contribution >= 0.6 is 0 Å². The monoisotopic (exact) mass is 448 g/mol. The molecule has 0 unspecified atom stereocenters. The number of nitrogens with one attached hydrogen (secondary N) is 1. The molecule has 0 atom stereocenters. The number of nitrogens with zero attached hydrogens (tertiary/aromatic N) is 5. The zero-order valence-electron chi connectivity index (χ0n) is 19.1. The summed E-state index contributed by atoms with van der Waals surface area (Å²) in [6, 6.07) is 8.23. The highest BCUT2D eigenvalue weighted by atomic mass is 16.6. The van der Waals surface area contributed by atoms with Gasteiger partial charge in [0.25, 0.3) is 0 Å². The van der Waals surface area contributed by atoms with Crippen LogP contribution in [-0.2, 0) is 4.74 Å². The van der Waals surface area contributed by atoms with Gasteiger partial charge in [-0.15, -0.1) is 0 Å². The minimum absolute atomic E-state index is 0.104. The third-order valence-electron chi connectivity index (χ3n) is 5.56. The van der Waals surface area contributed by atoms with Crippen LogP contribution in [-0.4, -0.2) is 52.5 Å². The SMILES string of the molecule is CCOc1cc(-c2ccc(N3CCC(NC(=O)OC(C)C)CC3)nc2)c2c(C#N)cnn2c1. The van der Waals surface area contributed by atoms with Gasteiger partial charge in [-0.1, -0.05) is 0 Å². The number of hydrogen-bond donors (Lipinski definition) is 1. The highest BCUT2D eigenvalue weighted by molar-refractivity contribution is 5.85. The van der Waals surface area contributed by atoms with Gasteiger partial charge in [0.15, 0.2) is 0 Å². The van der Waals surface area contributed by atoms with E-state index in [0.29, 0.717) is 17.9 Å². The van der Waals surface area contributed by atoms with E-state index in [1.54, 1.807) is 16.9 Å². The first kappa shape index (κ1) is 22.4. The Balaban J connectivity index is 1.49. The number of piperidine rings is 1. The van der Waals surface area contributed by atoms with E-state index >= 15 is 0 Å². The lowest BCUT2D eigenvalue weighted by Crippen LogP contribution is -2.45. The molecule has 0 bridgehead atoms. The standard InChI is InChI=1S/C24H28N6O3/c1-4-32-20-11-21(23-18(12-25)14-27-30(23)15-20)17-5-6-22(26-13-17)29-9-7-19(8-10-29)28-24(31)33-16(2)3/h5-6,11,13-16,19H,4,7-10H2,1-3H3,(H,28,31). The number of carbonyl (C=O) groups is 1. The van der Waals surface area contributed by atoms with Gasteiger partial charge in [-0.25, -0.2) is 14.3 Å². The molecule has 3 aromatic rings. The van der Waals surface area contributed by atoms with Crippen molar-refractivity contribution in [1.29, 1.82) is 5.26 Å². The Bertz CT molecular complexity index is 1160. The molecule has 0 saturated carbocycles. The zero-order valence-corrected chi connectivity index (χ0v) is 19.1. The molecule has 9 heteroatoms. The predicted molar refractivity (Wildman–Crippen MR) is 124 cm³/mol. The number of carbonyl (C=O) groups excluding carboxylic acids is 1. The van der Waals surface area contributed by atoms with Crippen LogP contribution in [0.1, 0.15) is 39.2 Å². The van der Waals surface area contributed by atoms with Crippen molar-refractivity contribution in [1.82, 2.24) is 19.9 Å². The number of aromatic nitrogens is 3. The number of ether oxygens (including phenoxy) is 2. The second-order valence-electron chi connectivity index (χ2n) is 8.25. The molecule has 4 heterocycles. The van der Waals surface area contributed by atoms with Crippen molar-refractivity contribution in [3.05, 3.63) is 42.4 Å². The average molecular weight is 449 g/mol. The van der Waals surface area contributed by atoms with Gasteiger partial charge >= 0.3 is 6.09 Å². The number of anilines is 1. The maximum atomic E-state index is 11.8. The first-order chi connectivity index (χ1) is 16.0. The molecule has 1 aliphatic heterocycles. The Morgan fingerprint density at radius 3 is 2.73 bits per heavy atom. The summed E-state index contributed by atoms with van der Waals surface area (Å²) in [5.41, 5.74) is 2.97. The summed E-state index contributed by atoms with van der Waals surface area (Å²) in [6.07, 6.45) is 6.33. The molecule has 1 saturated heterocycles. The molecule has 1 N–H and O–H groups in total. The van der Waals surface area contributed by atoms with E-state index in [1.807, 2.05) is 45.2 Å². The molecule has 9 nitrogen and oxygen atoms in total. The number of hydrogen-bond acceptors (Lipinski definition) is 7. The van der Waals surface area contributed by atoms with Gasteiger partial charge in [0, 0.05) is 36.5 Å². The minimum Gasteiger partial charge on any atom is -0.492 e. The van der Waals surface area contributed by atoms with Crippen LogP contribution in [0.3, 0.4) is 0 Å². The van der Waals surface area contributed by atoms with Gasteiger partial charge in [-0.05, 0) is 51.8 Å². The van der Waals surface area contributed by atoms with Gasteiger partial charge in [-0.3, -0.25) is 0 Å². The van der Waals surface area contributed by atoms with Crippen LogP contribution in [0.15, 0.2) is 36.8 Å². The molecule has 0 aliphatic carbocycles. The Hall–Kier alpha value is -3.80. The lowest BCUT2D eigenvalue weighted by Gasteiger charge is -2.33. The lowest BCUT2D eigenvalue weighted by molar-refractivity contribution is 0.111. The fraction of sp³-hybridized carbons (Fsp3) is 0.417. The van der Waals surface area contributed by atoms with Crippen molar-refractivity contribution >= 4 is 17.4 Å². The fourth-order valence-corrected chi connectivity index (χ4v) is 4.04. The molecule has 1 amide bonds. The topological polar surface area (TPSA) is 105 Å². The Labute approximate surface area is 192 Å². The van der Waals surface area contributed by atoms with Crippen molar-refractivity contribution in [3.8, 4) is 22.9 Å². The van der Waals surface area contributed by atoms with Crippen LogP contribution < -0.4 is 15.0 Å². The van der Waals surface area contributed by atoms with Crippen LogP contribution in [0, 0.1) is 11.3 Å². The number of alkyl carbamates (subject to hydrolysis) is 1. The number of nitriles is 1. The van der Waals surface area contributed by atoms with E-state index < -0.39 is 0 Å². The van der Waals surface area contributed by atoms with E-state index in [2.05, 4.69) is 26.4 Å². The summed E-state index contributed by atoms with van der Waals surface area (Å²) in [6.45, 7) is 7.73. The first-order valence-corrected chi connectivity index (χ1v) is 11.2. The lowest BCUT2D eigenvalue weighted by atomic mass is 10.0. The maximum Gasteiger partial charge on any atom is 0.407 e. The summed E-state index contributed by atoms with van der Waals surface area (Å²) in [5, 5.41) is 16.7. The summed E-state index contributed by atoms with van der Waals surface area (Å²) in [5.74, 6) is 1.56. The first-order valence-electron chi connectivity index (χ1n) is 11.2. The third kappa shape index (κ3) is 5.00. The third-order valence-corrected chi connectivity index (χ3v) is 5.56. The molecule has 0 radical (unpaired) electrons. The molecule has 3 aromatic heterocycles. The van der Waals surface area contributed by atoms with Crippen molar-refractivity contribution in [2.24, 2.45) is 0 Å². The number of fused-ring (bicyclic) bond motifs is 1. The van der Waals surface area contributed by atoms with Crippen LogP contribution in [0.4, 0.5) is 10.6 Å². The molecule has 172 valence electrons. The molecular formula is C24H28N6O3. The number of amides is 1. The molecule has 4 rings (SSSR count). The van der Waals surface area contributed by atoms with Crippen molar-refractivity contribution < 1.29 is 14.3 Å². The highest BCUT2D eigenvalue weighted by Gasteiger charge is 2.22. The fourth-order valence-electron chi connectivity index (χ4n) is 4.04. The summed E-state index contributed by atoms with van der Waals surface area (Å²) in [7, 11) is 0. The molecule has 0 aromatic carbocycles. The van der Waals surface area contributed by atoms with Crippen molar-refractivity contribution in [2.45, 2.75) is 45.8 Å². The minimum atomic E-state index is -0.358.